The van der Waals surface area contributed by atoms with Crippen LogP contribution in [0.5, 0.6) is 5.75 Å². The molecule has 0 saturated heterocycles. The number of ether oxygens (including phenoxy) is 1. The van der Waals surface area contributed by atoms with E-state index in [-0.39, 0.29) is 31.0 Å². The smallest absolute Gasteiger partial charge is 0.322 e. The van der Waals surface area contributed by atoms with Gasteiger partial charge in [-0.3, -0.25) is 0 Å². The average molecular weight is 270 g/mol. The van der Waals surface area contributed by atoms with Crippen LogP contribution in [0.15, 0.2) is 18.2 Å². The van der Waals surface area contributed by atoms with Crippen LogP contribution in [0.4, 0.5) is 14.9 Å². The number of carbonyl (C=O) groups excluding carboxylic acids is 1. The van der Waals surface area contributed by atoms with Crippen LogP contribution in [-0.4, -0.2) is 42.3 Å². The summed E-state index contributed by atoms with van der Waals surface area (Å²) in [6.07, 6.45) is 0. The molecule has 0 bridgehead atoms. The van der Waals surface area contributed by atoms with Gasteiger partial charge in [0, 0.05) is 18.7 Å². The Hall–Kier alpha value is -1.82. The zero-order valence-electron chi connectivity index (χ0n) is 11.3. The Bertz CT molecular complexity index is 438. The van der Waals surface area contributed by atoms with Crippen molar-refractivity contribution in [3.8, 4) is 5.75 Å². The van der Waals surface area contributed by atoms with Gasteiger partial charge < -0.3 is 20.1 Å². The molecule has 19 heavy (non-hydrogen) atoms. The molecule has 1 aromatic carbocycles. The molecule has 0 aliphatic heterocycles. The lowest BCUT2D eigenvalue weighted by Crippen LogP contribution is -2.41. The molecular formula is C13H19FN2O3. The molecule has 0 aliphatic rings. The lowest BCUT2D eigenvalue weighted by Gasteiger charge is -2.26. The Balaban J connectivity index is 2.86. The maximum Gasteiger partial charge on any atom is 0.322 e. The lowest BCUT2D eigenvalue weighted by molar-refractivity contribution is 0.172. The standard InChI is InChI=1S/C13H19FN2O3/c1-9(2)16(6-7-17)13(18)15-11-5-4-10(14)8-12(11)19-3/h4-5,8-9,17H,6-7H2,1-3H3,(H,15,18). The molecule has 5 nitrogen and oxygen atoms in total. The number of aliphatic hydroxyl groups excluding tert-OH is 1. The summed E-state index contributed by atoms with van der Waals surface area (Å²) in [5.41, 5.74) is 0.387. The molecule has 0 aromatic heterocycles. The summed E-state index contributed by atoms with van der Waals surface area (Å²) < 4.78 is 18.0. The lowest BCUT2D eigenvalue weighted by atomic mass is 10.2. The Kier molecular flexibility index (Phi) is 5.57. The third-order valence-electron chi connectivity index (χ3n) is 2.63. The van der Waals surface area contributed by atoms with Crippen LogP contribution in [0.25, 0.3) is 0 Å². The van der Waals surface area contributed by atoms with Crippen LogP contribution in [0.2, 0.25) is 0 Å². The molecule has 0 spiro atoms. The Labute approximate surface area is 112 Å². The number of methoxy groups -OCH3 is 1. The van der Waals surface area contributed by atoms with Crippen molar-refractivity contribution in [3.63, 3.8) is 0 Å². The molecule has 2 amide bonds. The van der Waals surface area contributed by atoms with Crippen molar-refractivity contribution in [1.29, 1.82) is 0 Å². The number of carbonyl (C=O) groups is 1. The van der Waals surface area contributed by atoms with Crippen LogP contribution >= 0.6 is 0 Å². The van der Waals surface area contributed by atoms with Crippen LogP contribution in [0.1, 0.15) is 13.8 Å². The van der Waals surface area contributed by atoms with Crippen LogP contribution in [0.3, 0.4) is 0 Å². The third-order valence-corrected chi connectivity index (χ3v) is 2.63. The van der Waals surface area contributed by atoms with Gasteiger partial charge in [-0.1, -0.05) is 0 Å². The van der Waals surface area contributed by atoms with Gasteiger partial charge in [-0.15, -0.1) is 0 Å². The van der Waals surface area contributed by atoms with E-state index in [0.717, 1.165) is 0 Å². The van der Waals surface area contributed by atoms with Crippen molar-refractivity contribution in [2.24, 2.45) is 0 Å². The van der Waals surface area contributed by atoms with Crippen LogP contribution < -0.4 is 10.1 Å². The van der Waals surface area contributed by atoms with Gasteiger partial charge in [0.1, 0.15) is 11.6 Å². The van der Waals surface area contributed by atoms with Crippen LogP contribution in [0, 0.1) is 5.82 Å². The highest BCUT2D eigenvalue weighted by Gasteiger charge is 2.17. The van der Waals surface area contributed by atoms with Gasteiger partial charge in [-0.2, -0.15) is 0 Å². The number of halogens is 1. The predicted octanol–water partition coefficient (Wildman–Crippen LogP) is 2.07. The molecule has 6 heteroatoms. The number of aliphatic hydroxyl groups is 1. The third kappa shape index (κ3) is 4.10. The summed E-state index contributed by atoms with van der Waals surface area (Å²) in [7, 11) is 1.40. The molecule has 0 heterocycles. The summed E-state index contributed by atoms with van der Waals surface area (Å²) in [6, 6.07) is 3.45. The van der Waals surface area contributed by atoms with Gasteiger partial charge in [0.15, 0.2) is 0 Å². The molecule has 2 N–H and O–H groups in total. The van der Waals surface area contributed by atoms with Gasteiger partial charge in [0.05, 0.1) is 19.4 Å². The predicted molar refractivity (Wildman–Crippen MR) is 70.9 cm³/mol. The normalized spacial score (nSPS) is 10.4. The molecule has 0 fully saturated rings. The molecule has 0 unspecified atom stereocenters. The van der Waals surface area contributed by atoms with E-state index < -0.39 is 5.82 Å². The van der Waals surface area contributed by atoms with Crippen molar-refractivity contribution in [2.75, 3.05) is 25.6 Å². The summed E-state index contributed by atoms with van der Waals surface area (Å²) >= 11 is 0. The van der Waals surface area contributed by atoms with Crippen molar-refractivity contribution in [1.82, 2.24) is 4.90 Å². The number of hydrogen-bond donors (Lipinski definition) is 2. The van der Waals surface area contributed by atoms with E-state index in [2.05, 4.69) is 5.32 Å². The molecule has 1 rings (SSSR count). The second-order valence-corrected chi connectivity index (χ2v) is 4.29. The second kappa shape index (κ2) is 6.94. The highest BCUT2D eigenvalue weighted by molar-refractivity contribution is 5.91. The first-order valence-corrected chi connectivity index (χ1v) is 6.01. The van der Waals surface area contributed by atoms with E-state index in [1.807, 2.05) is 13.8 Å². The highest BCUT2D eigenvalue weighted by Crippen LogP contribution is 2.25. The molecule has 0 saturated carbocycles. The number of urea groups is 1. The first-order valence-electron chi connectivity index (χ1n) is 6.01. The van der Waals surface area contributed by atoms with Crippen LogP contribution in [-0.2, 0) is 0 Å². The average Bonchev–Trinajstić information content (AvgIpc) is 2.37. The minimum atomic E-state index is -0.439. The SMILES string of the molecule is COc1cc(F)ccc1NC(=O)N(CCO)C(C)C. The highest BCUT2D eigenvalue weighted by atomic mass is 19.1. The zero-order chi connectivity index (χ0) is 14.4. The minimum Gasteiger partial charge on any atom is -0.494 e. The largest absolute Gasteiger partial charge is 0.494 e. The van der Waals surface area contributed by atoms with Crippen molar-refractivity contribution >= 4 is 11.7 Å². The molecule has 0 radical (unpaired) electrons. The number of amides is 2. The van der Waals surface area contributed by atoms with E-state index in [4.69, 9.17) is 9.84 Å². The molecule has 0 aliphatic carbocycles. The van der Waals surface area contributed by atoms with Gasteiger partial charge in [0.25, 0.3) is 0 Å². The summed E-state index contributed by atoms with van der Waals surface area (Å²) in [5, 5.41) is 11.6. The number of hydrogen-bond acceptors (Lipinski definition) is 3. The minimum absolute atomic E-state index is 0.0569. The topological polar surface area (TPSA) is 61.8 Å². The number of nitrogens with one attached hydrogen (secondary N) is 1. The van der Waals surface area contributed by atoms with Gasteiger partial charge >= 0.3 is 6.03 Å². The Morgan fingerprint density at radius 3 is 2.74 bits per heavy atom. The van der Waals surface area contributed by atoms with Crippen molar-refractivity contribution < 1.29 is 19.0 Å². The van der Waals surface area contributed by atoms with E-state index in [1.54, 1.807) is 0 Å². The van der Waals surface area contributed by atoms with Gasteiger partial charge in [-0.25, -0.2) is 9.18 Å². The summed E-state index contributed by atoms with van der Waals surface area (Å²) in [5.74, 6) is -0.188. The van der Waals surface area contributed by atoms with Crippen molar-refractivity contribution in [2.45, 2.75) is 19.9 Å². The summed E-state index contributed by atoms with van der Waals surface area (Å²) in [4.78, 5) is 13.5. The quantitative estimate of drug-likeness (QED) is 0.861. The Morgan fingerprint density at radius 2 is 2.21 bits per heavy atom. The fourth-order valence-electron chi connectivity index (χ4n) is 1.66. The maximum absolute atomic E-state index is 13.0. The molecular weight excluding hydrogens is 251 g/mol. The maximum atomic E-state index is 13.0. The number of benzene rings is 1. The van der Waals surface area contributed by atoms with E-state index >= 15 is 0 Å². The number of rotatable bonds is 5. The monoisotopic (exact) mass is 270 g/mol. The second-order valence-electron chi connectivity index (χ2n) is 4.29. The van der Waals surface area contributed by atoms with Gasteiger partial charge in [-0.05, 0) is 26.0 Å². The zero-order valence-corrected chi connectivity index (χ0v) is 11.3. The molecule has 0 atom stereocenters. The fourth-order valence-corrected chi connectivity index (χ4v) is 1.66. The Morgan fingerprint density at radius 1 is 1.53 bits per heavy atom. The first kappa shape index (κ1) is 15.2. The van der Waals surface area contributed by atoms with Crippen molar-refractivity contribution in [3.05, 3.63) is 24.0 Å². The molecule has 106 valence electrons. The molecule has 1 aromatic rings. The van der Waals surface area contributed by atoms with Gasteiger partial charge in [0.2, 0.25) is 0 Å². The van der Waals surface area contributed by atoms with E-state index in [9.17, 15) is 9.18 Å². The van der Waals surface area contributed by atoms with E-state index in [1.165, 1.54) is 30.2 Å². The number of nitrogens with zero attached hydrogens (tertiary/aromatic N) is 1. The summed E-state index contributed by atoms with van der Waals surface area (Å²) in [6.45, 7) is 3.80. The first-order chi connectivity index (χ1) is 8.99. The van der Waals surface area contributed by atoms with E-state index in [0.29, 0.717) is 5.69 Å². The fraction of sp³-hybridized carbons (Fsp3) is 0.462. The number of anilines is 1.